The van der Waals surface area contributed by atoms with Crippen LogP contribution >= 0.6 is 22.7 Å². The van der Waals surface area contributed by atoms with Crippen molar-refractivity contribution >= 4 is 28.6 Å². The van der Waals surface area contributed by atoms with Gasteiger partial charge in [-0.3, -0.25) is 9.69 Å². The van der Waals surface area contributed by atoms with Crippen LogP contribution in [0.15, 0.2) is 41.1 Å². The molecule has 158 valence electrons. The third kappa shape index (κ3) is 5.00. The van der Waals surface area contributed by atoms with Crippen LogP contribution in [0.3, 0.4) is 0 Å². The van der Waals surface area contributed by atoms with Crippen molar-refractivity contribution in [3.8, 4) is 21.4 Å². The van der Waals surface area contributed by atoms with E-state index in [9.17, 15) is 4.79 Å². The first-order valence-corrected chi connectivity index (χ1v) is 11.7. The van der Waals surface area contributed by atoms with E-state index in [1.54, 1.807) is 29.8 Å². The molecule has 3 heterocycles. The molecule has 1 amide bonds. The van der Waals surface area contributed by atoms with E-state index in [0.717, 1.165) is 39.1 Å². The fourth-order valence-electron chi connectivity index (χ4n) is 3.41. The number of hydrogen-bond acceptors (Lipinski definition) is 7. The molecule has 30 heavy (non-hydrogen) atoms. The Bertz CT molecular complexity index is 987. The predicted molar refractivity (Wildman–Crippen MR) is 120 cm³/mol. The maximum Gasteiger partial charge on any atom is 0.234 e. The topological polar surface area (TPSA) is 63.7 Å². The molecular formula is C22H25N3O3S2. The summed E-state index contributed by atoms with van der Waals surface area (Å²) >= 11 is 3.28. The first-order valence-electron chi connectivity index (χ1n) is 9.95. The number of carbonyl (C=O) groups is 1. The molecule has 2 aromatic heterocycles. The molecule has 0 saturated heterocycles. The lowest BCUT2D eigenvalue weighted by Crippen LogP contribution is -2.40. The lowest BCUT2D eigenvalue weighted by atomic mass is 10.2. The van der Waals surface area contributed by atoms with Crippen LogP contribution in [0.1, 0.15) is 24.6 Å². The average Bonchev–Trinajstić information content (AvgIpc) is 3.41. The number of nitrogens with zero attached hydrogens (tertiary/aromatic N) is 2. The number of benzene rings is 1. The van der Waals surface area contributed by atoms with Crippen molar-refractivity contribution in [2.45, 2.75) is 32.5 Å². The number of methoxy groups -OCH3 is 1. The molecular weight excluding hydrogens is 418 g/mol. The minimum Gasteiger partial charge on any atom is -0.497 e. The van der Waals surface area contributed by atoms with Crippen molar-refractivity contribution in [1.29, 1.82) is 0 Å². The van der Waals surface area contributed by atoms with E-state index in [0.29, 0.717) is 26.2 Å². The fourth-order valence-corrected chi connectivity index (χ4v) is 5.05. The van der Waals surface area contributed by atoms with Crippen molar-refractivity contribution in [3.05, 3.63) is 52.3 Å². The Morgan fingerprint density at radius 3 is 3.03 bits per heavy atom. The zero-order valence-electron chi connectivity index (χ0n) is 17.1. The standard InChI is InChI=1S/C22H25N3O3S2/c1-3-17-12-25(11-15-9-18(27-2)6-7-19(15)28-17)13-21(26)23-10-16-14-30-22(24-16)20-5-4-8-29-20/h4-9,14,17H,3,10-13H2,1-2H3,(H,23,26). The van der Waals surface area contributed by atoms with Crippen LogP contribution in [0.25, 0.3) is 9.88 Å². The van der Waals surface area contributed by atoms with Crippen molar-refractivity contribution < 1.29 is 14.3 Å². The van der Waals surface area contributed by atoms with Crippen LogP contribution in [0.5, 0.6) is 11.5 Å². The summed E-state index contributed by atoms with van der Waals surface area (Å²) in [5.74, 6) is 1.65. The zero-order chi connectivity index (χ0) is 20.9. The molecule has 0 aliphatic carbocycles. The molecule has 0 radical (unpaired) electrons. The van der Waals surface area contributed by atoms with Crippen molar-refractivity contribution in [2.24, 2.45) is 0 Å². The van der Waals surface area contributed by atoms with Gasteiger partial charge in [0.05, 0.1) is 30.8 Å². The first-order chi connectivity index (χ1) is 14.6. The second kappa shape index (κ2) is 9.59. The number of thiophene rings is 1. The van der Waals surface area contributed by atoms with Gasteiger partial charge in [0.2, 0.25) is 5.91 Å². The highest BCUT2D eigenvalue weighted by molar-refractivity contribution is 7.20. The van der Waals surface area contributed by atoms with E-state index in [4.69, 9.17) is 9.47 Å². The van der Waals surface area contributed by atoms with E-state index in [-0.39, 0.29) is 12.0 Å². The summed E-state index contributed by atoms with van der Waals surface area (Å²) in [5.41, 5.74) is 1.93. The molecule has 1 aliphatic heterocycles. The highest BCUT2D eigenvalue weighted by Gasteiger charge is 2.24. The number of aromatic nitrogens is 1. The van der Waals surface area contributed by atoms with Gasteiger partial charge in [0.25, 0.3) is 0 Å². The predicted octanol–water partition coefficient (Wildman–Crippen LogP) is 4.17. The van der Waals surface area contributed by atoms with Gasteiger partial charge in [-0.15, -0.1) is 22.7 Å². The minimum absolute atomic E-state index is 0.0122. The smallest absolute Gasteiger partial charge is 0.234 e. The second-order valence-corrected chi connectivity index (χ2v) is 9.00. The minimum atomic E-state index is -0.0122. The Labute approximate surface area is 184 Å². The maximum absolute atomic E-state index is 12.6. The SMILES string of the molecule is CCC1CN(CC(=O)NCc2csc(-c3cccs3)n2)Cc2cc(OC)ccc2O1. The molecule has 4 rings (SSSR count). The summed E-state index contributed by atoms with van der Waals surface area (Å²) in [7, 11) is 1.65. The van der Waals surface area contributed by atoms with Gasteiger partial charge in [0.15, 0.2) is 0 Å². The molecule has 3 aromatic rings. The van der Waals surface area contributed by atoms with Crippen LogP contribution in [0.4, 0.5) is 0 Å². The number of nitrogens with one attached hydrogen (secondary N) is 1. The molecule has 1 atom stereocenters. The quantitative estimate of drug-likeness (QED) is 0.594. The van der Waals surface area contributed by atoms with Crippen LogP contribution in [0, 0.1) is 0 Å². The van der Waals surface area contributed by atoms with Crippen LogP contribution in [0.2, 0.25) is 0 Å². The first kappa shape index (κ1) is 20.8. The second-order valence-electron chi connectivity index (χ2n) is 7.19. The van der Waals surface area contributed by atoms with Crippen LogP contribution in [-0.4, -0.2) is 42.1 Å². The Morgan fingerprint density at radius 1 is 1.37 bits per heavy atom. The monoisotopic (exact) mass is 443 g/mol. The lowest BCUT2D eigenvalue weighted by Gasteiger charge is -2.22. The van der Waals surface area contributed by atoms with Crippen molar-refractivity contribution in [3.63, 3.8) is 0 Å². The van der Waals surface area contributed by atoms with E-state index in [1.807, 2.05) is 35.0 Å². The van der Waals surface area contributed by atoms with E-state index >= 15 is 0 Å². The number of carbonyl (C=O) groups excluding carboxylic acids is 1. The Morgan fingerprint density at radius 2 is 2.27 bits per heavy atom. The Balaban J connectivity index is 1.37. The molecule has 1 N–H and O–H groups in total. The molecule has 0 bridgehead atoms. The molecule has 0 spiro atoms. The number of fused-ring (bicyclic) bond motifs is 1. The van der Waals surface area contributed by atoms with Crippen molar-refractivity contribution in [1.82, 2.24) is 15.2 Å². The van der Waals surface area contributed by atoms with E-state index in [1.165, 1.54) is 0 Å². The number of amides is 1. The van der Waals surface area contributed by atoms with Crippen LogP contribution in [-0.2, 0) is 17.9 Å². The van der Waals surface area contributed by atoms with Gasteiger partial charge >= 0.3 is 0 Å². The highest BCUT2D eigenvalue weighted by atomic mass is 32.1. The average molecular weight is 444 g/mol. The fraction of sp³-hybridized carbons (Fsp3) is 0.364. The van der Waals surface area contributed by atoms with Gasteiger partial charge in [0, 0.05) is 24.0 Å². The summed E-state index contributed by atoms with van der Waals surface area (Å²) < 4.78 is 11.5. The van der Waals surface area contributed by atoms with E-state index in [2.05, 4.69) is 28.2 Å². The van der Waals surface area contributed by atoms with Gasteiger partial charge in [0.1, 0.15) is 22.6 Å². The van der Waals surface area contributed by atoms with Gasteiger partial charge in [-0.05, 0) is 36.1 Å². The number of thiazole rings is 1. The summed E-state index contributed by atoms with van der Waals surface area (Å²) in [5, 5.41) is 8.05. The van der Waals surface area contributed by atoms with E-state index < -0.39 is 0 Å². The highest BCUT2D eigenvalue weighted by Crippen LogP contribution is 2.30. The number of hydrogen-bond donors (Lipinski definition) is 1. The molecule has 1 unspecified atom stereocenters. The molecule has 1 aromatic carbocycles. The van der Waals surface area contributed by atoms with Gasteiger partial charge in [-0.1, -0.05) is 13.0 Å². The molecule has 1 aliphatic rings. The van der Waals surface area contributed by atoms with Crippen molar-refractivity contribution in [2.75, 3.05) is 20.2 Å². The van der Waals surface area contributed by atoms with Crippen LogP contribution < -0.4 is 14.8 Å². The maximum atomic E-state index is 12.6. The third-order valence-corrected chi connectivity index (χ3v) is 6.92. The normalized spacial score (nSPS) is 16.4. The summed E-state index contributed by atoms with van der Waals surface area (Å²) in [6.07, 6.45) is 0.938. The molecule has 8 heteroatoms. The number of rotatable bonds is 7. The summed E-state index contributed by atoms with van der Waals surface area (Å²) in [6, 6.07) is 9.93. The lowest BCUT2D eigenvalue weighted by molar-refractivity contribution is -0.122. The molecule has 6 nitrogen and oxygen atoms in total. The van der Waals surface area contributed by atoms with Gasteiger partial charge in [-0.2, -0.15) is 0 Å². The van der Waals surface area contributed by atoms with Gasteiger partial charge < -0.3 is 14.8 Å². The van der Waals surface area contributed by atoms with Gasteiger partial charge in [-0.25, -0.2) is 4.98 Å². The number of ether oxygens (including phenoxy) is 2. The summed E-state index contributed by atoms with van der Waals surface area (Å²) in [4.78, 5) is 20.5. The molecule has 0 saturated carbocycles. The largest absolute Gasteiger partial charge is 0.497 e. The Kier molecular flexibility index (Phi) is 6.66. The summed E-state index contributed by atoms with van der Waals surface area (Å²) in [6.45, 7) is 4.21. The zero-order valence-corrected chi connectivity index (χ0v) is 18.7. The molecule has 0 fully saturated rings. The Hall–Kier alpha value is -2.42. The third-order valence-electron chi connectivity index (χ3n) is 4.99.